The van der Waals surface area contributed by atoms with E-state index in [-0.39, 0.29) is 31.4 Å². The molecule has 3 rings (SSSR count). The first-order valence-corrected chi connectivity index (χ1v) is 10.6. The Morgan fingerprint density at radius 1 is 1.12 bits per heavy atom. The van der Waals surface area contributed by atoms with Gasteiger partial charge in [-0.1, -0.05) is 41.4 Å². The number of para-hydroxylation sites is 2. The highest BCUT2D eigenvalue weighted by Crippen LogP contribution is 2.25. The Kier molecular flexibility index (Phi) is 8.28. The first-order valence-electron chi connectivity index (χ1n) is 9.85. The summed E-state index contributed by atoms with van der Waals surface area (Å²) in [5.41, 5.74) is 0.306. The number of hydrogen-bond acceptors (Lipinski definition) is 7. The van der Waals surface area contributed by atoms with Gasteiger partial charge in [-0.15, -0.1) is 0 Å². The number of ether oxygens (including phenoxy) is 1. The zero-order chi connectivity index (χ0) is 24.7. The number of nitrogens with one attached hydrogen (secondary N) is 3. The molecule has 13 heteroatoms. The molecule has 2 aromatic carbocycles. The number of amides is 2. The topological polar surface area (TPSA) is 150 Å². The fraction of sp³-hybridized carbons (Fsp3) is 0.190. The van der Waals surface area contributed by atoms with Gasteiger partial charge >= 0.3 is 17.7 Å². The van der Waals surface area contributed by atoms with Crippen molar-refractivity contribution < 1.29 is 19.4 Å². The van der Waals surface area contributed by atoms with Crippen molar-refractivity contribution in [3.63, 3.8) is 0 Å². The van der Waals surface area contributed by atoms with Gasteiger partial charge in [0.25, 0.3) is 0 Å². The van der Waals surface area contributed by atoms with E-state index in [0.29, 0.717) is 27.0 Å². The first kappa shape index (κ1) is 24.8. The van der Waals surface area contributed by atoms with Crippen LogP contribution in [0.5, 0.6) is 5.75 Å². The largest absolute Gasteiger partial charge is 0.495 e. The molecular weight excluding hydrogens is 487 g/mol. The van der Waals surface area contributed by atoms with E-state index in [1.807, 2.05) is 0 Å². The van der Waals surface area contributed by atoms with Crippen LogP contribution in [0.3, 0.4) is 0 Å². The van der Waals surface area contributed by atoms with Crippen molar-refractivity contribution in [3.8, 4) is 5.75 Å². The number of benzene rings is 2. The summed E-state index contributed by atoms with van der Waals surface area (Å²) in [7, 11) is 1.46. The van der Waals surface area contributed by atoms with Gasteiger partial charge < -0.3 is 20.1 Å². The number of hydrogen-bond donors (Lipinski definition) is 4. The van der Waals surface area contributed by atoms with E-state index in [0.717, 1.165) is 0 Å². The van der Waals surface area contributed by atoms with Crippen LogP contribution < -0.4 is 26.0 Å². The molecule has 0 radical (unpaired) electrons. The lowest BCUT2D eigenvalue weighted by molar-refractivity contribution is -0.136. The van der Waals surface area contributed by atoms with Crippen molar-refractivity contribution in [3.05, 3.63) is 68.6 Å². The van der Waals surface area contributed by atoms with Crippen LogP contribution in [0.1, 0.15) is 12.0 Å². The monoisotopic (exact) mass is 506 g/mol. The van der Waals surface area contributed by atoms with Crippen LogP contribution >= 0.6 is 23.2 Å². The molecule has 0 aliphatic heterocycles. The number of halogens is 2. The molecule has 0 atom stereocenters. The van der Waals surface area contributed by atoms with Gasteiger partial charge in [-0.05, 0) is 29.8 Å². The summed E-state index contributed by atoms with van der Waals surface area (Å²) in [5, 5.41) is 14.8. The average Bonchev–Trinajstić information content (AvgIpc) is 2.78. The standard InChI is InChI=1S/C21H20Cl2N6O5/c1-34-16-5-3-2-4-15(16)24-20(32)26-18-25-19(28-21(33)27-18)29(9-8-17(30)31)11-12-6-7-13(22)14(23)10-12/h2-7,10H,8-9,11H2,1H3,(H,30,31)(H3,24,25,26,27,28,32,33). The molecule has 11 nitrogen and oxygen atoms in total. The van der Waals surface area contributed by atoms with Crippen molar-refractivity contribution in [2.45, 2.75) is 13.0 Å². The van der Waals surface area contributed by atoms with Gasteiger partial charge in [-0.2, -0.15) is 9.97 Å². The average molecular weight is 507 g/mol. The van der Waals surface area contributed by atoms with E-state index in [2.05, 4.69) is 25.6 Å². The van der Waals surface area contributed by atoms with Crippen LogP contribution in [-0.4, -0.2) is 45.7 Å². The normalized spacial score (nSPS) is 10.4. The molecule has 178 valence electrons. The molecular formula is C21H20Cl2N6O5. The number of rotatable bonds is 9. The third kappa shape index (κ3) is 6.83. The van der Waals surface area contributed by atoms with Gasteiger partial charge in [0.15, 0.2) is 0 Å². The van der Waals surface area contributed by atoms with Gasteiger partial charge in [0.2, 0.25) is 11.9 Å². The number of nitrogens with zero attached hydrogens (tertiary/aromatic N) is 3. The molecule has 0 aliphatic rings. The van der Waals surface area contributed by atoms with E-state index >= 15 is 0 Å². The van der Waals surface area contributed by atoms with Crippen LogP contribution in [0.4, 0.5) is 22.4 Å². The molecule has 4 N–H and O–H groups in total. The second-order valence-corrected chi connectivity index (χ2v) is 7.71. The number of urea groups is 1. The maximum atomic E-state index is 12.4. The van der Waals surface area contributed by atoms with Gasteiger partial charge in [0.1, 0.15) is 5.75 Å². The summed E-state index contributed by atoms with van der Waals surface area (Å²) in [6.45, 7) is 0.131. The zero-order valence-electron chi connectivity index (χ0n) is 17.8. The Hall–Kier alpha value is -3.83. The number of carbonyl (C=O) groups is 2. The third-order valence-corrected chi connectivity index (χ3v) is 5.20. The van der Waals surface area contributed by atoms with Gasteiger partial charge in [-0.3, -0.25) is 15.1 Å². The number of aromatic nitrogens is 3. The van der Waals surface area contributed by atoms with Gasteiger partial charge in [0.05, 0.1) is 29.3 Å². The van der Waals surface area contributed by atoms with E-state index in [9.17, 15) is 14.4 Å². The third-order valence-electron chi connectivity index (χ3n) is 4.46. The lowest BCUT2D eigenvalue weighted by atomic mass is 10.2. The molecule has 3 aromatic rings. The molecule has 0 saturated heterocycles. The highest BCUT2D eigenvalue weighted by atomic mass is 35.5. The molecule has 0 bridgehead atoms. The summed E-state index contributed by atoms with van der Waals surface area (Å²) in [6.07, 6.45) is -0.242. The lowest BCUT2D eigenvalue weighted by Crippen LogP contribution is -2.31. The summed E-state index contributed by atoms with van der Waals surface area (Å²) in [6, 6.07) is 11.0. The fourth-order valence-electron chi connectivity index (χ4n) is 2.92. The summed E-state index contributed by atoms with van der Waals surface area (Å²) >= 11 is 12.0. The van der Waals surface area contributed by atoms with Crippen molar-refractivity contribution >= 4 is 52.8 Å². The minimum Gasteiger partial charge on any atom is -0.495 e. The molecule has 0 aliphatic carbocycles. The van der Waals surface area contributed by atoms with Crippen LogP contribution in [0.2, 0.25) is 10.0 Å². The fourth-order valence-corrected chi connectivity index (χ4v) is 3.24. The summed E-state index contributed by atoms with van der Waals surface area (Å²) in [5.74, 6) is -0.866. The molecule has 0 unspecified atom stereocenters. The summed E-state index contributed by atoms with van der Waals surface area (Å²) < 4.78 is 5.19. The van der Waals surface area contributed by atoms with E-state index in [4.69, 9.17) is 33.0 Å². The van der Waals surface area contributed by atoms with Crippen molar-refractivity contribution in [2.24, 2.45) is 0 Å². The van der Waals surface area contributed by atoms with Crippen LogP contribution in [0, 0.1) is 0 Å². The molecule has 1 heterocycles. The number of anilines is 3. The van der Waals surface area contributed by atoms with E-state index < -0.39 is 17.7 Å². The lowest BCUT2D eigenvalue weighted by Gasteiger charge is -2.22. The highest BCUT2D eigenvalue weighted by Gasteiger charge is 2.16. The summed E-state index contributed by atoms with van der Waals surface area (Å²) in [4.78, 5) is 47.6. The predicted octanol–water partition coefficient (Wildman–Crippen LogP) is 3.61. The van der Waals surface area contributed by atoms with Crippen molar-refractivity contribution in [2.75, 3.05) is 29.2 Å². The Labute approximate surface area is 203 Å². The minimum absolute atomic E-state index is 0.00805. The highest BCUT2D eigenvalue weighted by molar-refractivity contribution is 6.42. The second kappa shape index (κ2) is 11.3. The zero-order valence-corrected chi connectivity index (χ0v) is 19.4. The molecule has 1 aromatic heterocycles. The quantitative estimate of drug-likeness (QED) is 0.343. The Morgan fingerprint density at radius 2 is 1.88 bits per heavy atom. The second-order valence-electron chi connectivity index (χ2n) is 6.90. The molecule has 0 spiro atoms. The Bertz CT molecular complexity index is 1250. The molecule has 0 saturated carbocycles. The SMILES string of the molecule is COc1ccccc1NC(=O)Nc1nc(N(CCC(=O)O)Cc2ccc(Cl)c(Cl)c2)nc(=O)[nH]1. The van der Waals surface area contributed by atoms with Crippen molar-refractivity contribution in [1.82, 2.24) is 15.0 Å². The predicted molar refractivity (Wildman–Crippen MR) is 128 cm³/mol. The number of carboxylic acid groups (broad SMARTS) is 1. The van der Waals surface area contributed by atoms with E-state index in [1.165, 1.54) is 12.0 Å². The van der Waals surface area contributed by atoms with Gasteiger partial charge in [-0.25, -0.2) is 9.59 Å². The van der Waals surface area contributed by atoms with Crippen molar-refractivity contribution in [1.29, 1.82) is 0 Å². The number of carbonyl (C=O) groups excluding carboxylic acids is 1. The number of carboxylic acids is 1. The Morgan fingerprint density at radius 3 is 2.59 bits per heavy atom. The smallest absolute Gasteiger partial charge is 0.351 e. The number of H-pyrrole nitrogens is 1. The van der Waals surface area contributed by atoms with E-state index in [1.54, 1.807) is 42.5 Å². The molecule has 34 heavy (non-hydrogen) atoms. The number of aliphatic carboxylic acids is 1. The van der Waals surface area contributed by atoms with Crippen LogP contribution in [0.25, 0.3) is 0 Å². The maximum Gasteiger partial charge on any atom is 0.351 e. The maximum absolute atomic E-state index is 12.4. The Balaban J connectivity index is 1.83. The first-order chi connectivity index (χ1) is 16.2. The molecule has 2 amide bonds. The minimum atomic E-state index is -1.04. The number of aromatic amines is 1. The molecule has 0 fully saturated rings. The number of methoxy groups -OCH3 is 1. The van der Waals surface area contributed by atoms with Gasteiger partial charge in [0, 0.05) is 13.1 Å². The van der Waals surface area contributed by atoms with Crippen LogP contribution in [-0.2, 0) is 11.3 Å². The van der Waals surface area contributed by atoms with Crippen LogP contribution in [0.15, 0.2) is 47.3 Å².